The zero-order valence-electron chi connectivity index (χ0n) is 12.1. The maximum atomic E-state index is 12.3. The van der Waals surface area contributed by atoms with Crippen molar-refractivity contribution in [1.82, 2.24) is 4.31 Å². The normalized spacial score (nSPS) is 20.2. The fraction of sp³-hybridized carbons (Fsp3) is 0.500. The first kappa shape index (κ1) is 16.5. The third kappa shape index (κ3) is 4.28. The van der Waals surface area contributed by atoms with Gasteiger partial charge in [0.05, 0.1) is 17.9 Å². The number of carbonyl (C=O) groups excluding carboxylic acids is 1. The Labute approximate surface area is 133 Å². The molecule has 1 saturated heterocycles. The van der Waals surface area contributed by atoms with Crippen LogP contribution < -0.4 is 5.32 Å². The van der Waals surface area contributed by atoms with Gasteiger partial charge in [0, 0.05) is 17.6 Å². The van der Waals surface area contributed by atoms with Crippen molar-refractivity contribution < 1.29 is 13.2 Å². The second kappa shape index (κ2) is 6.46. The fourth-order valence-corrected chi connectivity index (χ4v) is 3.92. The second-order valence-corrected chi connectivity index (χ2v) is 8.27. The highest BCUT2D eigenvalue weighted by Gasteiger charge is 2.30. The van der Waals surface area contributed by atoms with Gasteiger partial charge in [0.15, 0.2) is 0 Å². The minimum absolute atomic E-state index is 0.132. The zero-order valence-corrected chi connectivity index (χ0v) is 14.5. The number of benzene rings is 1. The highest BCUT2D eigenvalue weighted by atomic mass is 79.9. The molecule has 0 saturated carbocycles. The minimum Gasteiger partial charge on any atom is -0.325 e. The second-order valence-electron chi connectivity index (χ2n) is 5.43. The smallest absolute Gasteiger partial charge is 0.228 e. The SMILES string of the molecule is Cc1ccc(NC(=O)[C@@H]2CCCN(S(C)(=O)=O)C2)c(Br)c1. The van der Waals surface area contributed by atoms with Gasteiger partial charge >= 0.3 is 0 Å². The number of piperidine rings is 1. The van der Waals surface area contributed by atoms with Crippen LogP contribution in [0.4, 0.5) is 5.69 Å². The Balaban J connectivity index is 2.06. The molecule has 0 aromatic heterocycles. The molecule has 116 valence electrons. The number of amides is 1. The maximum absolute atomic E-state index is 12.3. The number of rotatable bonds is 3. The van der Waals surface area contributed by atoms with Crippen molar-refractivity contribution in [2.45, 2.75) is 19.8 Å². The molecule has 1 aromatic rings. The first-order valence-corrected chi connectivity index (χ1v) is 9.43. The van der Waals surface area contributed by atoms with Gasteiger partial charge in [-0.3, -0.25) is 4.79 Å². The molecule has 0 unspecified atom stereocenters. The lowest BCUT2D eigenvalue weighted by atomic mass is 9.98. The highest BCUT2D eigenvalue weighted by molar-refractivity contribution is 9.10. The van der Waals surface area contributed by atoms with E-state index < -0.39 is 10.0 Å². The number of sulfonamides is 1. The standard InChI is InChI=1S/C14H19BrN2O3S/c1-10-5-6-13(12(15)8-10)16-14(18)11-4-3-7-17(9-11)21(2,19)20/h5-6,8,11H,3-4,7,9H2,1-2H3,(H,16,18)/t11-/m1/s1. The Morgan fingerprint density at radius 2 is 2.14 bits per heavy atom. The summed E-state index contributed by atoms with van der Waals surface area (Å²) in [6, 6.07) is 5.69. The van der Waals surface area contributed by atoms with Gasteiger partial charge in [0.25, 0.3) is 0 Å². The van der Waals surface area contributed by atoms with Crippen LogP contribution in [0.3, 0.4) is 0 Å². The van der Waals surface area contributed by atoms with Crippen molar-refractivity contribution in [1.29, 1.82) is 0 Å². The van der Waals surface area contributed by atoms with Crippen LogP contribution in [-0.2, 0) is 14.8 Å². The molecule has 0 radical (unpaired) electrons. The molecule has 2 rings (SSSR count). The summed E-state index contributed by atoms with van der Waals surface area (Å²) >= 11 is 3.42. The quantitative estimate of drug-likeness (QED) is 0.882. The van der Waals surface area contributed by atoms with Crippen LogP contribution in [0, 0.1) is 12.8 Å². The summed E-state index contributed by atoms with van der Waals surface area (Å²) in [4.78, 5) is 12.3. The fourth-order valence-electron chi connectivity index (χ4n) is 2.41. The van der Waals surface area contributed by atoms with Gasteiger partial charge in [-0.05, 0) is 53.4 Å². The number of aryl methyl sites for hydroxylation is 1. The van der Waals surface area contributed by atoms with Crippen LogP contribution in [0.25, 0.3) is 0 Å². The molecule has 5 nitrogen and oxygen atoms in total. The number of anilines is 1. The predicted octanol–water partition coefficient (Wildman–Crippen LogP) is 2.37. The molecule has 0 spiro atoms. The number of nitrogens with zero attached hydrogens (tertiary/aromatic N) is 1. The van der Waals surface area contributed by atoms with Gasteiger partial charge in [-0.2, -0.15) is 0 Å². The van der Waals surface area contributed by atoms with Gasteiger partial charge < -0.3 is 5.32 Å². The van der Waals surface area contributed by atoms with Crippen LogP contribution in [0.15, 0.2) is 22.7 Å². The van der Waals surface area contributed by atoms with Crippen molar-refractivity contribution in [2.75, 3.05) is 24.7 Å². The zero-order chi connectivity index (χ0) is 15.6. The van der Waals surface area contributed by atoms with E-state index in [0.717, 1.165) is 10.0 Å². The predicted molar refractivity (Wildman–Crippen MR) is 86.6 cm³/mol. The number of carbonyl (C=O) groups is 1. The van der Waals surface area contributed by atoms with Gasteiger partial charge in [-0.1, -0.05) is 6.07 Å². The topological polar surface area (TPSA) is 66.5 Å². The molecular formula is C14H19BrN2O3S. The molecule has 1 N–H and O–H groups in total. The summed E-state index contributed by atoms with van der Waals surface area (Å²) in [5.74, 6) is -0.436. The summed E-state index contributed by atoms with van der Waals surface area (Å²) in [5, 5.41) is 2.87. The van der Waals surface area contributed by atoms with Crippen LogP contribution in [-0.4, -0.2) is 38.0 Å². The Morgan fingerprint density at radius 3 is 2.76 bits per heavy atom. The van der Waals surface area contributed by atoms with E-state index in [0.29, 0.717) is 25.1 Å². The summed E-state index contributed by atoms with van der Waals surface area (Å²) in [6.07, 6.45) is 2.60. The van der Waals surface area contributed by atoms with E-state index in [1.54, 1.807) is 0 Å². The van der Waals surface area contributed by atoms with Crippen molar-refractivity contribution in [3.63, 3.8) is 0 Å². The molecule has 21 heavy (non-hydrogen) atoms. The van der Waals surface area contributed by atoms with Gasteiger partial charge in [-0.25, -0.2) is 12.7 Å². The van der Waals surface area contributed by atoms with Crippen LogP contribution in [0.5, 0.6) is 0 Å². The molecule has 1 aromatic carbocycles. The van der Waals surface area contributed by atoms with Crippen molar-refractivity contribution in [3.8, 4) is 0 Å². The number of hydrogen-bond donors (Lipinski definition) is 1. The molecule has 0 aliphatic carbocycles. The first-order valence-electron chi connectivity index (χ1n) is 6.79. The third-order valence-corrected chi connectivity index (χ3v) is 5.53. The Hall–Kier alpha value is -0.920. The average Bonchev–Trinajstić information content (AvgIpc) is 2.41. The largest absolute Gasteiger partial charge is 0.325 e. The van der Waals surface area contributed by atoms with Crippen molar-refractivity contribution >= 4 is 37.5 Å². The molecule has 1 amide bonds. The lowest BCUT2D eigenvalue weighted by Crippen LogP contribution is -2.43. The lowest BCUT2D eigenvalue weighted by molar-refractivity contribution is -0.120. The van der Waals surface area contributed by atoms with E-state index in [4.69, 9.17) is 0 Å². The summed E-state index contributed by atoms with van der Waals surface area (Å²) < 4.78 is 25.4. The van der Waals surface area contributed by atoms with Gasteiger partial charge in [0.1, 0.15) is 0 Å². The van der Waals surface area contributed by atoms with Crippen LogP contribution in [0.2, 0.25) is 0 Å². The lowest BCUT2D eigenvalue weighted by Gasteiger charge is -2.30. The first-order chi connectivity index (χ1) is 9.77. The van der Waals surface area contributed by atoms with E-state index in [1.807, 2.05) is 25.1 Å². The highest BCUT2D eigenvalue weighted by Crippen LogP contribution is 2.25. The van der Waals surface area contributed by atoms with E-state index in [9.17, 15) is 13.2 Å². The number of nitrogens with one attached hydrogen (secondary N) is 1. The molecule has 0 bridgehead atoms. The molecule has 1 aliphatic heterocycles. The van der Waals surface area contributed by atoms with Gasteiger partial charge in [-0.15, -0.1) is 0 Å². The van der Waals surface area contributed by atoms with E-state index in [2.05, 4.69) is 21.2 Å². The molecule has 1 aliphatic rings. The summed E-state index contributed by atoms with van der Waals surface area (Å²) in [6.45, 7) is 2.73. The average molecular weight is 375 g/mol. The Morgan fingerprint density at radius 1 is 1.43 bits per heavy atom. The minimum atomic E-state index is -3.23. The van der Waals surface area contributed by atoms with Crippen molar-refractivity contribution in [3.05, 3.63) is 28.2 Å². The van der Waals surface area contributed by atoms with Crippen molar-refractivity contribution in [2.24, 2.45) is 5.92 Å². The monoisotopic (exact) mass is 374 g/mol. The van der Waals surface area contributed by atoms with E-state index in [1.165, 1.54) is 10.6 Å². The summed E-state index contributed by atoms with van der Waals surface area (Å²) in [7, 11) is -3.23. The molecule has 1 heterocycles. The van der Waals surface area contributed by atoms with E-state index in [-0.39, 0.29) is 18.4 Å². The van der Waals surface area contributed by atoms with Crippen LogP contribution >= 0.6 is 15.9 Å². The Bertz CT molecular complexity index is 646. The number of hydrogen-bond acceptors (Lipinski definition) is 3. The van der Waals surface area contributed by atoms with Crippen LogP contribution in [0.1, 0.15) is 18.4 Å². The molecule has 1 atom stereocenters. The van der Waals surface area contributed by atoms with E-state index >= 15 is 0 Å². The molecular weight excluding hydrogens is 356 g/mol. The Kier molecular flexibility index (Phi) is 5.06. The van der Waals surface area contributed by atoms with Gasteiger partial charge in [0.2, 0.25) is 15.9 Å². The molecule has 1 fully saturated rings. The number of halogens is 1. The summed E-state index contributed by atoms with van der Waals surface area (Å²) in [5.41, 5.74) is 1.81. The third-order valence-electron chi connectivity index (χ3n) is 3.61. The molecule has 7 heteroatoms. The maximum Gasteiger partial charge on any atom is 0.228 e.